The summed E-state index contributed by atoms with van der Waals surface area (Å²) in [5, 5.41) is 5.19. The highest BCUT2D eigenvalue weighted by Gasteiger charge is 2.14. The second-order valence-electron chi connectivity index (χ2n) is 10.5. The summed E-state index contributed by atoms with van der Waals surface area (Å²) < 4.78 is 4.75. The van der Waals surface area contributed by atoms with Gasteiger partial charge < -0.3 is 9.13 Å². The number of para-hydroxylation sites is 3. The number of aromatic nitrogens is 2. The third-order valence-electron chi connectivity index (χ3n) is 8.31. The lowest BCUT2D eigenvalue weighted by atomic mass is 10.0. The SMILES string of the molecule is CCc1ccc2c(c1)c1ccccc1n2-c1ccc(-c2ccc(-n3c4ccccc4c4ccccc43)cc2)cc1. The normalized spacial score (nSPS) is 11.7. The summed E-state index contributed by atoms with van der Waals surface area (Å²) in [5.41, 5.74) is 11.1. The Kier molecular flexibility index (Phi) is 5.14. The maximum atomic E-state index is 2.39. The van der Waals surface area contributed by atoms with Gasteiger partial charge in [-0.05, 0) is 77.7 Å². The zero-order chi connectivity index (χ0) is 26.6. The van der Waals surface area contributed by atoms with E-state index in [-0.39, 0.29) is 0 Å². The first-order chi connectivity index (χ1) is 19.8. The number of benzene rings is 6. The van der Waals surface area contributed by atoms with Gasteiger partial charge in [-0.3, -0.25) is 0 Å². The van der Waals surface area contributed by atoms with Gasteiger partial charge in [0, 0.05) is 32.9 Å². The molecule has 0 aliphatic carbocycles. The Balaban J connectivity index is 1.19. The standard InChI is InChI=1S/C38H28N2/c1-2-26-15-24-38-34(25-26)33-11-5-8-14-37(33)40(38)30-22-18-28(19-23-30)27-16-20-29(21-17-27)39-35-12-6-3-9-31(35)32-10-4-7-13-36(32)39/h3-25H,2H2,1H3. The van der Waals surface area contributed by atoms with Crippen LogP contribution in [0.2, 0.25) is 0 Å². The highest BCUT2D eigenvalue weighted by molar-refractivity contribution is 6.10. The van der Waals surface area contributed by atoms with Crippen molar-refractivity contribution in [2.24, 2.45) is 0 Å². The monoisotopic (exact) mass is 512 g/mol. The van der Waals surface area contributed by atoms with Crippen LogP contribution in [0.15, 0.2) is 140 Å². The zero-order valence-corrected chi connectivity index (χ0v) is 22.4. The van der Waals surface area contributed by atoms with Gasteiger partial charge in [-0.2, -0.15) is 0 Å². The molecule has 40 heavy (non-hydrogen) atoms. The largest absolute Gasteiger partial charge is 0.309 e. The molecule has 0 unspecified atom stereocenters. The lowest BCUT2D eigenvalue weighted by Gasteiger charge is -2.11. The van der Waals surface area contributed by atoms with E-state index in [2.05, 4.69) is 156 Å². The molecule has 0 amide bonds. The Morgan fingerprint density at radius 1 is 0.400 bits per heavy atom. The van der Waals surface area contributed by atoms with Crippen molar-refractivity contribution in [2.75, 3.05) is 0 Å². The molecule has 0 saturated heterocycles. The van der Waals surface area contributed by atoms with E-state index < -0.39 is 0 Å². The Morgan fingerprint density at radius 2 is 0.800 bits per heavy atom. The maximum absolute atomic E-state index is 2.39. The molecule has 0 saturated carbocycles. The molecular formula is C38H28N2. The molecule has 0 bridgehead atoms. The predicted octanol–water partition coefficient (Wildman–Crippen LogP) is 10.1. The van der Waals surface area contributed by atoms with Crippen molar-refractivity contribution in [3.8, 4) is 22.5 Å². The summed E-state index contributed by atoms with van der Waals surface area (Å²) in [7, 11) is 0. The van der Waals surface area contributed by atoms with Crippen LogP contribution in [0, 0.1) is 0 Å². The molecule has 2 heteroatoms. The molecule has 2 aromatic heterocycles. The number of hydrogen-bond donors (Lipinski definition) is 0. The predicted molar refractivity (Wildman–Crippen MR) is 170 cm³/mol. The molecule has 0 atom stereocenters. The maximum Gasteiger partial charge on any atom is 0.0541 e. The van der Waals surface area contributed by atoms with Gasteiger partial charge in [-0.15, -0.1) is 0 Å². The molecule has 8 aromatic rings. The molecule has 0 radical (unpaired) electrons. The quantitative estimate of drug-likeness (QED) is 0.222. The van der Waals surface area contributed by atoms with Crippen molar-refractivity contribution < 1.29 is 0 Å². The number of rotatable bonds is 4. The molecule has 6 aromatic carbocycles. The van der Waals surface area contributed by atoms with Gasteiger partial charge in [0.15, 0.2) is 0 Å². The molecule has 0 aliphatic heterocycles. The molecule has 2 heterocycles. The van der Waals surface area contributed by atoms with Gasteiger partial charge in [-0.1, -0.05) is 91.9 Å². The minimum Gasteiger partial charge on any atom is -0.309 e. The summed E-state index contributed by atoms with van der Waals surface area (Å²) in [4.78, 5) is 0. The van der Waals surface area contributed by atoms with E-state index in [0.717, 1.165) is 6.42 Å². The summed E-state index contributed by atoms with van der Waals surface area (Å²) in [6.07, 6.45) is 1.04. The highest BCUT2D eigenvalue weighted by Crippen LogP contribution is 2.35. The van der Waals surface area contributed by atoms with Crippen molar-refractivity contribution in [1.29, 1.82) is 0 Å². The van der Waals surface area contributed by atoms with Crippen LogP contribution in [0.5, 0.6) is 0 Å². The van der Waals surface area contributed by atoms with Crippen molar-refractivity contribution >= 4 is 43.6 Å². The molecule has 0 fully saturated rings. The van der Waals surface area contributed by atoms with Gasteiger partial charge >= 0.3 is 0 Å². The third-order valence-corrected chi connectivity index (χ3v) is 8.31. The van der Waals surface area contributed by atoms with Gasteiger partial charge in [0.2, 0.25) is 0 Å². The third kappa shape index (κ3) is 3.43. The Morgan fingerprint density at radius 3 is 1.25 bits per heavy atom. The first kappa shape index (κ1) is 22.9. The van der Waals surface area contributed by atoms with Gasteiger partial charge in [0.25, 0.3) is 0 Å². The van der Waals surface area contributed by atoms with Crippen LogP contribution in [0.25, 0.3) is 66.1 Å². The molecule has 2 nitrogen and oxygen atoms in total. The van der Waals surface area contributed by atoms with Crippen LogP contribution < -0.4 is 0 Å². The molecule has 0 N–H and O–H groups in total. The van der Waals surface area contributed by atoms with Crippen LogP contribution in [-0.2, 0) is 6.42 Å². The topological polar surface area (TPSA) is 9.86 Å². The summed E-state index contributed by atoms with van der Waals surface area (Å²) in [6, 6.07) is 50.8. The van der Waals surface area contributed by atoms with E-state index >= 15 is 0 Å². The Bertz CT molecular complexity index is 2120. The van der Waals surface area contributed by atoms with Gasteiger partial charge in [0.05, 0.1) is 22.1 Å². The van der Waals surface area contributed by atoms with E-state index in [9.17, 15) is 0 Å². The van der Waals surface area contributed by atoms with Gasteiger partial charge in [0.1, 0.15) is 0 Å². The first-order valence-electron chi connectivity index (χ1n) is 14.0. The van der Waals surface area contributed by atoms with Crippen molar-refractivity contribution in [2.45, 2.75) is 13.3 Å². The number of nitrogens with zero attached hydrogens (tertiary/aromatic N) is 2. The minimum absolute atomic E-state index is 1.04. The summed E-state index contributed by atoms with van der Waals surface area (Å²) >= 11 is 0. The molecule has 0 spiro atoms. The molecule has 0 aliphatic rings. The fourth-order valence-corrected chi connectivity index (χ4v) is 6.32. The first-order valence-corrected chi connectivity index (χ1v) is 14.0. The molecular weight excluding hydrogens is 484 g/mol. The van der Waals surface area contributed by atoms with Crippen LogP contribution in [0.4, 0.5) is 0 Å². The number of hydrogen-bond acceptors (Lipinski definition) is 0. The lowest BCUT2D eigenvalue weighted by Crippen LogP contribution is -1.94. The Hall–Kier alpha value is -5.08. The van der Waals surface area contributed by atoms with Crippen molar-refractivity contribution in [3.63, 3.8) is 0 Å². The smallest absolute Gasteiger partial charge is 0.0541 e. The van der Waals surface area contributed by atoms with Crippen LogP contribution in [0.1, 0.15) is 12.5 Å². The van der Waals surface area contributed by atoms with E-state index in [0.29, 0.717) is 0 Å². The zero-order valence-electron chi connectivity index (χ0n) is 22.4. The molecule has 8 rings (SSSR count). The van der Waals surface area contributed by atoms with E-state index in [1.165, 1.54) is 71.7 Å². The van der Waals surface area contributed by atoms with Crippen molar-refractivity contribution in [1.82, 2.24) is 9.13 Å². The number of fused-ring (bicyclic) bond motifs is 6. The fourth-order valence-electron chi connectivity index (χ4n) is 6.32. The van der Waals surface area contributed by atoms with Crippen LogP contribution in [0.3, 0.4) is 0 Å². The number of aryl methyl sites for hydroxylation is 1. The van der Waals surface area contributed by atoms with Crippen LogP contribution in [-0.4, -0.2) is 9.13 Å². The summed E-state index contributed by atoms with van der Waals surface area (Å²) in [6.45, 7) is 2.22. The average molecular weight is 513 g/mol. The second kappa shape index (κ2) is 9.00. The summed E-state index contributed by atoms with van der Waals surface area (Å²) in [5.74, 6) is 0. The van der Waals surface area contributed by atoms with Gasteiger partial charge in [-0.25, -0.2) is 0 Å². The van der Waals surface area contributed by atoms with E-state index in [4.69, 9.17) is 0 Å². The molecule has 190 valence electrons. The van der Waals surface area contributed by atoms with Crippen LogP contribution >= 0.6 is 0 Å². The Labute approximate surface area is 233 Å². The average Bonchev–Trinajstić information content (AvgIpc) is 3.54. The van der Waals surface area contributed by atoms with E-state index in [1.807, 2.05) is 0 Å². The fraction of sp³-hybridized carbons (Fsp3) is 0.0526. The second-order valence-corrected chi connectivity index (χ2v) is 10.5. The lowest BCUT2D eigenvalue weighted by molar-refractivity contribution is 1.14. The van der Waals surface area contributed by atoms with Crippen molar-refractivity contribution in [3.05, 3.63) is 145 Å². The van der Waals surface area contributed by atoms with E-state index in [1.54, 1.807) is 0 Å². The minimum atomic E-state index is 1.04. The highest BCUT2D eigenvalue weighted by atomic mass is 15.0.